The Morgan fingerprint density at radius 2 is 2.15 bits per heavy atom. The number of hydrogen-bond donors (Lipinski definition) is 1. The Morgan fingerprint density at radius 1 is 1.35 bits per heavy atom. The highest BCUT2D eigenvalue weighted by Gasteiger charge is 2.19. The molecule has 1 aliphatic rings. The van der Waals surface area contributed by atoms with Gasteiger partial charge in [0.1, 0.15) is 12.1 Å². The van der Waals surface area contributed by atoms with Gasteiger partial charge in [0, 0.05) is 25.9 Å². The van der Waals surface area contributed by atoms with Crippen LogP contribution in [-0.4, -0.2) is 42.6 Å². The monoisotopic (exact) mass is 281 g/mol. The fourth-order valence-corrected chi connectivity index (χ4v) is 2.18. The Hall–Kier alpha value is -1.24. The van der Waals surface area contributed by atoms with Gasteiger partial charge in [0.25, 0.3) is 0 Å². The Labute approximate surface area is 119 Å². The number of nitrogens with one attached hydrogen (secondary N) is 1. The molecular formula is C14H23N3O3. The third kappa shape index (κ3) is 4.40. The van der Waals surface area contributed by atoms with Crippen molar-refractivity contribution >= 4 is 5.82 Å². The maximum Gasteiger partial charge on any atom is 0.174 e. The van der Waals surface area contributed by atoms with E-state index in [2.05, 4.69) is 15.3 Å². The van der Waals surface area contributed by atoms with Crippen molar-refractivity contribution < 1.29 is 14.2 Å². The zero-order chi connectivity index (χ0) is 14.2. The summed E-state index contributed by atoms with van der Waals surface area (Å²) in [7, 11) is 0. The summed E-state index contributed by atoms with van der Waals surface area (Å²) in [4.78, 5) is 8.50. The molecule has 1 fully saturated rings. The van der Waals surface area contributed by atoms with E-state index in [9.17, 15) is 0 Å². The molecule has 6 nitrogen and oxygen atoms in total. The highest BCUT2D eigenvalue weighted by atomic mass is 16.7. The van der Waals surface area contributed by atoms with Gasteiger partial charge in [0.2, 0.25) is 0 Å². The molecule has 2 rings (SSSR count). The summed E-state index contributed by atoms with van der Waals surface area (Å²) in [6.45, 7) is 6.52. The van der Waals surface area contributed by atoms with Gasteiger partial charge in [-0.25, -0.2) is 9.97 Å². The van der Waals surface area contributed by atoms with Gasteiger partial charge in [-0.1, -0.05) is 0 Å². The van der Waals surface area contributed by atoms with Crippen molar-refractivity contribution in [2.75, 3.05) is 31.7 Å². The molecule has 0 radical (unpaired) electrons. The van der Waals surface area contributed by atoms with E-state index >= 15 is 0 Å². The van der Waals surface area contributed by atoms with E-state index in [1.807, 2.05) is 19.9 Å². The zero-order valence-corrected chi connectivity index (χ0v) is 12.2. The molecule has 0 aliphatic carbocycles. The molecule has 1 unspecified atom stereocenters. The van der Waals surface area contributed by atoms with Gasteiger partial charge < -0.3 is 19.5 Å². The zero-order valence-electron chi connectivity index (χ0n) is 12.2. The van der Waals surface area contributed by atoms with Crippen LogP contribution in [0.4, 0.5) is 5.82 Å². The highest BCUT2D eigenvalue weighted by Crippen LogP contribution is 2.27. The van der Waals surface area contributed by atoms with Crippen molar-refractivity contribution in [1.82, 2.24) is 9.97 Å². The molecule has 0 bridgehead atoms. The number of hydrogen-bond acceptors (Lipinski definition) is 6. The van der Waals surface area contributed by atoms with Crippen LogP contribution in [0.3, 0.4) is 0 Å². The first kappa shape index (κ1) is 15.2. The molecule has 1 atom stereocenters. The van der Waals surface area contributed by atoms with Crippen LogP contribution >= 0.6 is 0 Å². The summed E-state index contributed by atoms with van der Waals surface area (Å²) >= 11 is 0. The molecule has 1 aliphatic heterocycles. The minimum absolute atomic E-state index is 0.105. The van der Waals surface area contributed by atoms with Gasteiger partial charge in [-0.05, 0) is 26.7 Å². The van der Waals surface area contributed by atoms with Crippen molar-refractivity contribution in [1.29, 1.82) is 0 Å². The van der Waals surface area contributed by atoms with Gasteiger partial charge in [-0.2, -0.15) is 0 Å². The van der Waals surface area contributed by atoms with E-state index in [-0.39, 0.29) is 12.4 Å². The van der Waals surface area contributed by atoms with Crippen molar-refractivity contribution in [2.45, 2.75) is 39.1 Å². The first-order chi connectivity index (χ1) is 9.83. The Kier molecular flexibility index (Phi) is 6.17. The van der Waals surface area contributed by atoms with Gasteiger partial charge in [0.15, 0.2) is 6.29 Å². The summed E-state index contributed by atoms with van der Waals surface area (Å²) in [5, 5.41) is 3.22. The van der Waals surface area contributed by atoms with Gasteiger partial charge >= 0.3 is 0 Å². The predicted molar refractivity (Wildman–Crippen MR) is 75.5 cm³/mol. The highest BCUT2D eigenvalue weighted by molar-refractivity contribution is 5.35. The molecule has 1 aromatic heterocycles. The van der Waals surface area contributed by atoms with Crippen LogP contribution in [0.15, 0.2) is 12.4 Å². The topological polar surface area (TPSA) is 65.5 Å². The van der Waals surface area contributed by atoms with Crippen LogP contribution < -0.4 is 5.32 Å². The lowest BCUT2D eigenvalue weighted by molar-refractivity contribution is -0.126. The number of ether oxygens (including phenoxy) is 3. The van der Waals surface area contributed by atoms with E-state index in [0.717, 1.165) is 31.0 Å². The van der Waals surface area contributed by atoms with Gasteiger partial charge in [0.05, 0.1) is 18.3 Å². The third-order valence-electron chi connectivity index (χ3n) is 3.10. The summed E-state index contributed by atoms with van der Waals surface area (Å²) in [5.41, 5.74) is 0.935. The van der Waals surface area contributed by atoms with Crippen molar-refractivity contribution in [2.24, 2.45) is 0 Å². The standard InChI is InChI=1S/C14H23N3O3/c1-3-18-14(19-4-2)9-15-13-8-11(16-10-17-13)12-6-5-7-20-12/h8,10,12,14H,3-7,9H2,1-2H3,(H,15,16,17). The van der Waals surface area contributed by atoms with E-state index in [1.165, 1.54) is 0 Å². The van der Waals surface area contributed by atoms with Crippen LogP contribution in [0.5, 0.6) is 0 Å². The fourth-order valence-electron chi connectivity index (χ4n) is 2.18. The Balaban J connectivity index is 1.89. The molecule has 1 N–H and O–H groups in total. The quantitative estimate of drug-likeness (QED) is 0.736. The molecular weight excluding hydrogens is 258 g/mol. The molecule has 0 amide bonds. The van der Waals surface area contributed by atoms with Crippen LogP contribution in [0.25, 0.3) is 0 Å². The molecule has 0 aromatic carbocycles. The second kappa shape index (κ2) is 8.14. The second-order valence-corrected chi connectivity index (χ2v) is 4.55. The van der Waals surface area contributed by atoms with Crippen LogP contribution in [0.1, 0.15) is 38.5 Å². The lowest BCUT2D eigenvalue weighted by Crippen LogP contribution is -2.26. The molecule has 112 valence electrons. The minimum atomic E-state index is -0.258. The lowest BCUT2D eigenvalue weighted by Gasteiger charge is -2.18. The summed E-state index contributed by atoms with van der Waals surface area (Å²) in [6, 6.07) is 1.94. The smallest absolute Gasteiger partial charge is 0.174 e. The Bertz CT molecular complexity index is 391. The van der Waals surface area contributed by atoms with Crippen LogP contribution in [0, 0.1) is 0 Å². The molecule has 6 heteroatoms. The molecule has 20 heavy (non-hydrogen) atoms. The molecule has 1 saturated heterocycles. The van der Waals surface area contributed by atoms with Crippen LogP contribution in [0.2, 0.25) is 0 Å². The van der Waals surface area contributed by atoms with Gasteiger partial charge in [-0.3, -0.25) is 0 Å². The average Bonchev–Trinajstić information content (AvgIpc) is 3.00. The number of nitrogens with zero attached hydrogens (tertiary/aromatic N) is 2. The molecule has 0 saturated carbocycles. The molecule has 1 aromatic rings. The van der Waals surface area contributed by atoms with Crippen molar-refractivity contribution in [3.8, 4) is 0 Å². The predicted octanol–water partition coefficient (Wildman–Crippen LogP) is 2.14. The number of rotatable bonds is 8. The lowest BCUT2D eigenvalue weighted by atomic mass is 10.2. The number of aromatic nitrogens is 2. The Morgan fingerprint density at radius 3 is 2.80 bits per heavy atom. The van der Waals surface area contributed by atoms with Gasteiger partial charge in [-0.15, -0.1) is 0 Å². The maximum atomic E-state index is 5.63. The fraction of sp³-hybridized carbons (Fsp3) is 0.714. The first-order valence-electron chi connectivity index (χ1n) is 7.24. The summed E-state index contributed by atoms with van der Waals surface area (Å²) in [6.07, 6.45) is 3.53. The SMILES string of the molecule is CCOC(CNc1cc(C2CCCO2)ncn1)OCC. The molecule has 0 spiro atoms. The first-order valence-corrected chi connectivity index (χ1v) is 7.24. The van der Waals surface area contributed by atoms with E-state index in [0.29, 0.717) is 19.8 Å². The van der Waals surface area contributed by atoms with Crippen LogP contribution in [-0.2, 0) is 14.2 Å². The maximum absolute atomic E-state index is 5.63. The van der Waals surface area contributed by atoms with Crippen molar-refractivity contribution in [3.63, 3.8) is 0 Å². The molecule has 2 heterocycles. The summed E-state index contributed by atoms with van der Waals surface area (Å²) < 4.78 is 16.6. The second-order valence-electron chi connectivity index (χ2n) is 4.55. The minimum Gasteiger partial charge on any atom is -0.372 e. The van der Waals surface area contributed by atoms with Crippen molar-refractivity contribution in [3.05, 3.63) is 18.1 Å². The average molecular weight is 281 g/mol. The van der Waals surface area contributed by atoms with E-state index in [4.69, 9.17) is 14.2 Å². The largest absolute Gasteiger partial charge is 0.372 e. The summed E-state index contributed by atoms with van der Waals surface area (Å²) in [5.74, 6) is 0.773. The third-order valence-corrected chi connectivity index (χ3v) is 3.10. The van der Waals surface area contributed by atoms with E-state index in [1.54, 1.807) is 6.33 Å². The number of anilines is 1. The van der Waals surface area contributed by atoms with E-state index < -0.39 is 0 Å². The normalized spacial score (nSPS) is 18.6.